The maximum atomic E-state index is 12.3. The molecule has 0 aliphatic carbocycles. The third kappa shape index (κ3) is 5.43. The minimum absolute atomic E-state index is 0.0781. The average molecular weight is 294 g/mol. The molecule has 2 N–H and O–H groups in total. The minimum atomic E-state index is -0.923. The minimum Gasteiger partial charge on any atom is -0.481 e. The molecule has 2 amide bonds. The molecular weight excluding hydrogens is 272 g/mol. The molecule has 0 saturated carbocycles. The van der Waals surface area contributed by atoms with Crippen molar-refractivity contribution >= 4 is 17.7 Å². The third-order valence-corrected chi connectivity index (χ3v) is 3.01. The van der Waals surface area contributed by atoms with Crippen molar-refractivity contribution in [2.24, 2.45) is 0 Å². The maximum absolute atomic E-state index is 12.3. The zero-order chi connectivity index (χ0) is 15.8. The number of nitrogens with one attached hydrogen (secondary N) is 1. The van der Waals surface area contributed by atoms with E-state index >= 15 is 0 Å². The molecule has 21 heavy (non-hydrogen) atoms. The lowest BCUT2D eigenvalue weighted by molar-refractivity contribution is -0.137. The first-order valence-corrected chi connectivity index (χ1v) is 6.82. The first kappa shape index (κ1) is 17.0. The monoisotopic (exact) mass is 294 g/mol. The Morgan fingerprint density at radius 1 is 1.33 bits per heavy atom. The van der Waals surface area contributed by atoms with E-state index in [0.717, 1.165) is 5.56 Å². The van der Waals surface area contributed by atoms with Gasteiger partial charge in [0.2, 0.25) is 0 Å². The zero-order valence-corrected chi connectivity index (χ0v) is 12.6. The molecule has 6 nitrogen and oxygen atoms in total. The molecule has 116 valence electrons. The smallest absolute Gasteiger partial charge is 0.322 e. The highest BCUT2D eigenvalue weighted by atomic mass is 16.5. The molecule has 6 heteroatoms. The molecule has 1 aromatic carbocycles. The molecule has 0 aliphatic rings. The SMILES string of the molecule is COCc1ccccc1NC(=O)N(CCC(=O)O)C(C)C. The van der Waals surface area contributed by atoms with Crippen LogP contribution in [0.1, 0.15) is 25.8 Å². The van der Waals surface area contributed by atoms with Crippen LogP contribution in [-0.2, 0) is 16.1 Å². The van der Waals surface area contributed by atoms with Gasteiger partial charge in [-0.25, -0.2) is 4.79 Å². The van der Waals surface area contributed by atoms with Crippen LogP contribution in [0.25, 0.3) is 0 Å². The number of urea groups is 1. The van der Waals surface area contributed by atoms with Crippen LogP contribution in [0, 0.1) is 0 Å². The number of amides is 2. The number of para-hydroxylation sites is 1. The van der Waals surface area contributed by atoms with Crippen LogP contribution >= 0.6 is 0 Å². The number of carboxylic acid groups (broad SMARTS) is 1. The number of hydrogen-bond donors (Lipinski definition) is 2. The van der Waals surface area contributed by atoms with Crippen molar-refractivity contribution in [3.8, 4) is 0 Å². The van der Waals surface area contributed by atoms with E-state index < -0.39 is 5.97 Å². The largest absolute Gasteiger partial charge is 0.481 e. The molecule has 0 heterocycles. The van der Waals surface area contributed by atoms with Crippen LogP contribution in [0.4, 0.5) is 10.5 Å². The van der Waals surface area contributed by atoms with Crippen molar-refractivity contribution in [1.82, 2.24) is 4.90 Å². The van der Waals surface area contributed by atoms with E-state index in [2.05, 4.69) is 5.32 Å². The number of ether oxygens (including phenoxy) is 1. The van der Waals surface area contributed by atoms with Crippen molar-refractivity contribution < 1.29 is 19.4 Å². The second-order valence-corrected chi connectivity index (χ2v) is 4.95. The third-order valence-electron chi connectivity index (χ3n) is 3.01. The van der Waals surface area contributed by atoms with Gasteiger partial charge in [-0.1, -0.05) is 18.2 Å². The number of carbonyl (C=O) groups excluding carboxylic acids is 1. The quantitative estimate of drug-likeness (QED) is 0.810. The maximum Gasteiger partial charge on any atom is 0.322 e. The van der Waals surface area contributed by atoms with Gasteiger partial charge >= 0.3 is 12.0 Å². The van der Waals surface area contributed by atoms with E-state index in [1.54, 1.807) is 13.2 Å². The molecule has 0 unspecified atom stereocenters. The topological polar surface area (TPSA) is 78.9 Å². The van der Waals surface area contributed by atoms with Crippen molar-refractivity contribution in [2.45, 2.75) is 32.9 Å². The van der Waals surface area contributed by atoms with Gasteiger partial charge in [-0.2, -0.15) is 0 Å². The fourth-order valence-electron chi connectivity index (χ4n) is 1.92. The number of rotatable bonds is 7. The Bertz CT molecular complexity index is 488. The predicted octanol–water partition coefficient (Wildman–Crippen LogP) is 2.55. The summed E-state index contributed by atoms with van der Waals surface area (Å²) in [5, 5.41) is 11.6. The molecule has 0 aromatic heterocycles. The van der Waals surface area contributed by atoms with Gasteiger partial charge in [0.15, 0.2) is 0 Å². The van der Waals surface area contributed by atoms with Crippen molar-refractivity contribution in [3.05, 3.63) is 29.8 Å². The van der Waals surface area contributed by atoms with Gasteiger partial charge in [-0.05, 0) is 19.9 Å². The van der Waals surface area contributed by atoms with Gasteiger partial charge in [-0.15, -0.1) is 0 Å². The number of carbonyl (C=O) groups is 2. The molecule has 0 spiro atoms. The molecular formula is C15H22N2O4. The Hall–Kier alpha value is -2.08. The summed E-state index contributed by atoms with van der Waals surface area (Å²) in [6.45, 7) is 4.27. The Morgan fingerprint density at radius 2 is 2.00 bits per heavy atom. The van der Waals surface area contributed by atoms with Crippen molar-refractivity contribution in [3.63, 3.8) is 0 Å². The van der Waals surface area contributed by atoms with Crippen LogP contribution in [0.2, 0.25) is 0 Å². The molecule has 1 aromatic rings. The van der Waals surface area contributed by atoms with Crippen LogP contribution < -0.4 is 5.32 Å². The van der Waals surface area contributed by atoms with E-state index in [1.165, 1.54) is 4.90 Å². The summed E-state index contributed by atoms with van der Waals surface area (Å²) in [6.07, 6.45) is -0.0781. The van der Waals surface area contributed by atoms with E-state index in [9.17, 15) is 9.59 Å². The zero-order valence-electron chi connectivity index (χ0n) is 12.6. The van der Waals surface area contributed by atoms with Gasteiger partial charge in [0.05, 0.1) is 13.0 Å². The second-order valence-electron chi connectivity index (χ2n) is 4.95. The number of hydrogen-bond acceptors (Lipinski definition) is 3. The summed E-state index contributed by atoms with van der Waals surface area (Å²) in [4.78, 5) is 24.5. The van der Waals surface area contributed by atoms with Crippen molar-refractivity contribution in [1.29, 1.82) is 0 Å². The van der Waals surface area contributed by atoms with Gasteiger partial charge in [0.25, 0.3) is 0 Å². The fourth-order valence-corrected chi connectivity index (χ4v) is 1.92. The summed E-state index contributed by atoms with van der Waals surface area (Å²) in [7, 11) is 1.59. The van der Waals surface area contributed by atoms with Gasteiger partial charge in [0, 0.05) is 30.9 Å². The second kappa shape index (κ2) is 8.26. The molecule has 0 bridgehead atoms. The molecule has 0 fully saturated rings. The number of benzene rings is 1. The average Bonchev–Trinajstić information content (AvgIpc) is 2.40. The first-order valence-electron chi connectivity index (χ1n) is 6.82. The molecule has 1 rings (SSSR count). The Balaban J connectivity index is 2.79. The number of methoxy groups -OCH3 is 1. The standard InChI is InChI=1S/C15H22N2O4/c1-11(2)17(9-8-14(18)19)15(20)16-13-7-5-4-6-12(13)10-21-3/h4-7,11H,8-10H2,1-3H3,(H,16,20)(H,18,19). The van der Waals surface area contributed by atoms with Crippen LogP contribution in [0.5, 0.6) is 0 Å². The van der Waals surface area contributed by atoms with Crippen LogP contribution in [-0.4, -0.2) is 41.7 Å². The Morgan fingerprint density at radius 3 is 2.57 bits per heavy atom. The normalized spacial score (nSPS) is 10.5. The van der Waals surface area contributed by atoms with Gasteiger partial charge in [0.1, 0.15) is 0 Å². The van der Waals surface area contributed by atoms with Gasteiger partial charge < -0.3 is 20.1 Å². The summed E-state index contributed by atoms with van der Waals surface area (Å²) in [5.74, 6) is -0.923. The summed E-state index contributed by atoms with van der Waals surface area (Å²) < 4.78 is 5.09. The van der Waals surface area contributed by atoms with Gasteiger partial charge in [-0.3, -0.25) is 4.79 Å². The molecule has 0 atom stereocenters. The highest BCUT2D eigenvalue weighted by molar-refractivity contribution is 5.90. The predicted molar refractivity (Wildman–Crippen MR) is 80.3 cm³/mol. The lowest BCUT2D eigenvalue weighted by atomic mass is 10.2. The van der Waals surface area contributed by atoms with E-state index in [-0.39, 0.29) is 25.0 Å². The number of aliphatic carboxylic acids is 1. The fraction of sp³-hybridized carbons (Fsp3) is 0.467. The number of anilines is 1. The molecule has 0 radical (unpaired) electrons. The number of nitrogens with zero attached hydrogens (tertiary/aromatic N) is 1. The van der Waals surface area contributed by atoms with Crippen LogP contribution in [0.3, 0.4) is 0 Å². The van der Waals surface area contributed by atoms with E-state index in [4.69, 9.17) is 9.84 Å². The molecule has 0 saturated heterocycles. The highest BCUT2D eigenvalue weighted by Crippen LogP contribution is 2.17. The molecule has 0 aliphatic heterocycles. The first-order chi connectivity index (χ1) is 9.95. The van der Waals surface area contributed by atoms with E-state index in [1.807, 2.05) is 32.0 Å². The van der Waals surface area contributed by atoms with Crippen molar-refractivity contribution in [2.75, 3.05) is 19.0 Å². The summed E-state index contributed by atoms with van der Waals surface area (Å²) >= 11 is 0. The Labute approximate surface area is 124 Å². The lowest BCUT2D eigenvalue weighted by Gasteiger charge is -2.26. The number of carboxylic acids is 1. The lowest BCUT2D eigenvalue weighted by Crippen LogP contribution is -2.41. The summed E-state index contributed by atoms with van der Waals surface area (Å²) in [5.41, 5.74) is 1.54. The Kier molecular flexibility index (Phi) is 6.68. The van der Waals surface area contributed by atoms with E-state index in [0.29, 0.717) is 12.3 Å². The van der Waals surface area contributed by atoms with Crippen LogP contribution in [0.15, 0.2) is 24.3 Å². The highest BCUT2D eigenvalue weighted by Gasteiger charge is 2.18. The summed E-state index contributed by atoms with van der Waals surface area (Å²) in [6, 6.07) is 6.96.